The number of halogens is 1. The first-order valence-electron chi connectivity index (χ1n) is 10.5. The van der Waals surface area contributed by atoms with Crippen LogP contribution in [0.1, 0.15) is 11.1 Å². The van der Waals surface area contributed by atoms with Gasteiger partial charge in [0, 0.05) is 36.1 Å². The molecule has 0 saturated carbocycles. The quantitative estimate of drug-likeness (QED) is 0.466. The average Bonchev–Trinajstić information content (AvgIpc) is 2.85. The van der Waals surface area contributed by atoms with Crippen LogP contribution in [0.3, 0.4) is 0 Å². The maximum Gasteiger partial charge on any atom is 0.232 e. The van der Waals surface area contributed by atoms with Crippen LogP contribution >= 0.6 is 23.4 Å². The normalized spacial score (nSPS) is 13.8. The number of piperazine rings is 1. The topological polar surface area (TPSA) is 65.3 Å². The van der Waals surface area contributed by atoms with Crippen LogP contribution in [0.5, 0.6) is 5.88 Å². The second-order valence-corrected chi connectivity index (χ2v) is 9.02. The van der Waals surface area contributed by atoms with Crippen LogP contribution in [-0.2, 0) is 6.61 Å². The van der Waals surface area contributed by atoms with Crippen molar-refractivity contribution < 1.29 is 4.74 Å². The summed E-state index contributed by atoms with van der Waals surface area (Å²) in [4.78, 5) is 15.5. The van der Waals surface area contributed by atoms with Crippen LogP contribution in [0.4, 0.5) is 5.95 Å². The lowest BCUT2D eigenvalue weighted by atomic mass is 10.2. The van der Waals surface area contributed by atoms with Crippen molar-refractivity contribution in [3.63, 3.8) is 0 Å². The lowest BCUT2D eigenvalue weighted by molar-refractivity contribution is 0.278. The number of hydrogen-bond donors (Lipinski definition) is 0. The molecule has 6 nitrogen and oxygen atoms in total. The first kappa shape index (κ1) is 22.9. The Balaban J connectivity index is 1.55. The summed E-state index contributed by atoms with van der Waals surface area (Å²) in [5.74, 6) is 3.86. The van der Waals surface area contributed by atoms with E-state index in [0.29, 0.717) is 35.6 Å². The predicted molar refractivity (Wildman–Crippen MR) is 131 cm³/mol. The molecular weight excluding hydrogens is 454 g/mol. The molecule has 0 radical (unpaired) electrons. The van der Waals surface area contributed by atoms with Crippen LogP contribution in [0.2, 0.25) is 5.02 Å². The molecule has 166 valence electrons. The maximum atomic E-state index is 9.04. The molecular formula is C25H22ClN5OS. The molecule has 0 unspecified atom stereocenters. The second kappa shape index (κ2) is 11.1. The van der Waals surface area contributed by atoms with Crippen LogP contribution in [-0.4, -0.2) is 47.6 Å². The fourth-order valence-corrected chi connectivity index (χ4v) is 4.45. The molecule has 3 aromatic rings. The molecule has 0 N–H and O–H groups in total. The van der Waals surface area contributed by atoms with E-state index in [9.17, 15) is 0 Å². The first-order chi connectivity index (χ1) is 16.1. The Morgan fingerprint density at radius 3 is 2.61 bits per heavy atom. The van der Waals surface area contributed by atoms with Crippen molar-refractivity contribution in [3.05, 3.63) is 70.9 Å². The number of anilines is 1. The largest absolute Gasteiger partial charge is 0.472 e. The van der Waals surface area contributed by atoms with Gasteiger partial charge in [-0.25, -0.2) is 4.98 Å². The van der Waals surface area contributed by atoms with E-state index in [1.54, 1.807) is 18.3 Å². The van der Waals surface area contributed by atoms with Gasteiger partial charge in [0.05, 0.1) is 29.3 Å². The van der Waals surface area contributed by atoms with Gasteiger partial charge in [0.2, 0.25) is 11.8 Å². The van der Waals surface area contributed by atoms with Gasteiger partial charge in [0.15, 0.2) is 0 Å². The van der Waals surface area contributed by atoms with E-state index in [1.165, 1.54) is 11.8 Å². The number of aromatic nitrogens is 2. The third-order valence-corrected chi connectivity index (χ3v) is 6.40. The van der Waals surface area contributed by atoms with Crippen LogP contribution in [0.15, 0.2) is 64.5 Å². The molecule has 33 heavy (non-hydrogen) atoms. The van der Waals surface area contributed by atoms with Gasteiger partial charge in [-0.05, 0) is 42.0 Å². The summed E-state index contributed by atoms with van der Waals surface area (Å²) in [5.41, 5.74) is 1.58. The summed E-state index contributed by atoms with van der Waals surface area (Å²) in [6.45, 7) is 4.34. The summed E-state index contributed by atoms with van der Waals surface area (Å²) in [7, 11) is 0. The Hall–Kier alpha value is -3.23. The highest BCUT2D eigenvalue weighted by Crippen LogP contribution is 2.35. The van der Waals surface area contributed by atoms with Crippen molar-refractivity contribution in [3.8, 4) is 24.3 Å². The summed E-state index contributed by atoms with van der Waals surface area (Å²) < 4.78 is 6.14. The summed E-state index contributed by atoms with van der Waals surface area (Å²) in [5, 5.41) is 9.70. The Labute approximate surface area is 203 Å². The first-order valence-corrected chi connectivity index (χ1v) is 11.7. The zero-order valence-corrected chi connectivity index (χ0v) is 19.5. The molecule has 4 rings (SSSR count). The fraction of sp³-hybridized carbons (Fsp3) is 0.240. The molecule has 0 spiro atoms. The summed E-state index contributed by atoms with van der Waals surface area (Å²) in [6, 6.07) is 17.1. The van der Waals surface area contributed by atoms with E-state index in [2.05, 4.69) is 26.8 Å². The molecule has 1 aliphatic heterocycles. The Morgan fingerprint density at radius 1 is 1.12 bits per heavy atom. The molecule has 1 fully saturated rings. The molecule has 8 heteroatoms. The van der Waals surface area contributed by atoms with Crippen LogP contribution in [0.25, 0.3) is 0 Å². The predicted octanol–water partition coefficient (Wildman–Crippen LogP) is 4.49. The van der Waals surface area contributed by atoms with Gasteiger partial charge in [0.1, 0.15) is 6.61 Å². The third-order valence-electron chi connectivity index (χ3n) is 5.16. The van der Waals surface area contributed by atoms with Gasteiger partial charge >= 0.3 is 0 Å². The molecule has 1 aliphatic rings. The smallest absolute Gasteiger partial charge is 0.232 e. The molecule has 0 aliphatic carbocycles. The molecule has 0 bridgehead atoms. The minimum absolute atomic E-state index is 0.341. The molecule has 1 saturated heterocycles. The number of hydrogen-bond acceptors (Lipinski definition) is 7. The van der Waals surface area contributed by atoms with E-state index < -0.39 is 0 Å². The van der Waals surface area contributed by atoms with Crippen LogP contribution < -0.4 is 9.64 Å². The Bertz CT molecular complexity index is 1180. The van der Waals surface area contributed by atoms with Gasteiger partial charge in [-0.15, -0.1) is 6.42 Å². The lowest BCUT2D eigenvalue weighted by Crippen LogP contribution is -2.47. The van der Waals surface area contributed by atoms with Crippen LogP contribution in [0, 0.1) is 23.7 Å². The zero-order valence-electron chi connectivity index (χ0n) is 17.9. The highest BCUT2D eigenvalue weighted by molar-refractivity contribution is 7.99. The number of rotatable bonds is 7. The number of nitriles is 1. The standard InChI is InChI=1S/C25H22ClN5OS/c1-2-10-30-11-13-31(14-12-30)25-28-17-23(33-22-8-6-19(16-27)7-9-22)24(29-25)32-18-20-4-3-5-21(26)15-20/h1,3-9,15,17H,10-14,18H2. The number of ether oxygens (including phenoxy) is 1. The molecule has 1 aromatic heterocycles. The van der Waals surface area contributed by atoms with Gasteiger partial charge in [-0.2, -0.15) is 10.2 Å². The second-order valence-electron chi connectivity index (χ2n) is 7.46. The van der Waals surface area contributed by atoms with Gasteiger partial charge < -0.3 is 9.64 Å². The maximum absolute atomic E-state index is 9.04. The highest BCUT2D eigenvalue weighted by Gasteiger charge is 2.20. The SMILES string of the molecule is C#CCN1CCN(c2ncc(Sc3ccc(C#N)cc3)c(OCc3cccc(Cl)c3)n2)CC1. The molecule has 0 amide bonds. The van der Waals surface area contributed by atoms with E-state index in [1.807, 2.05) is 36.4 Å². The van der Waals surface area contributed by atoms with E-state index in [0.717, 1.165) is 41.5 Å². The number of benzene rings is 2. The van der Waals surface area contributed by atoms with E-state index >= 15 is 0 Å². The summed E-state index contributed by atoms with van der Waals surface area (Å²) >= 11 is 7.62. The van der Waals surface area contributed by atoms with Crippen molar-refractivity contribution in [2.45, 2.75) is 16.4 Å². The van der Waals surface area contributed by atoms with Gasteiger partial charge in [-0.1, -0.05) is 41.4 Å². The Kier molecular flexibility index (Phi) is 7.70. The van der Waals surface area contributed by atoms with Crippen molar-refractivity contribution in [1.82, 2.24) is 14.9 Å². The monoisotopic (exact) mass is 475 g/mol. The van der Waals surface area contributed by atoms with Gasteiger partial charge in [-0.3, -0.25) is 4.90 Å². The van der Waals surface area contributed by atoms with Crippen molar-refractivity contribution in [2.24, 2.45) is 0 Å². The molecule has 2 aromatic carbocycles. The zero-order chi connectivity index (χ0) is 23.0. The van der Waals surface area contributed by atoms with Crippen molar-refractivity contribution in [2.75, 3.05) is 37.6 Å². The molecule has 0 atom stereocenters. The summed E-state index contributed by atoms with van der Waals surface area (Å²) in [6.07, 6.45) is 7.24. The van der Waals surface area contributed by atoms with E-state index in [4.69, 9.17) is 33.0 Å². The number of nitrogens with zero attached hydrogens (tertiary/aromatic N) is 5. The lowest BCUT2D eigenvalue weighted by Gasteiger charge is -2.33. The minimum atomic E-state index is 0.341. The Morgan fingerprint density at radius 2 is 1.91 bits per heavy atom. The minimum Gasteiger partial charge on any atom is -0.472 e. The van der Waals surface area contributed by atoms with Crippen molar-refractivity contribution >= 4 is 29.3 Å². The number of terminal acetylenes is 1. The fourth-order valence-electron chi connectivity index (χ4n) is 3.41. The highest BCUT2D eigenvalue weighted by atomic mass is 35.5. The molecule has 2 heterocycles. The average molecular weight is 476 g/mol. The van der Waals surface area contributed by atoms with Crippen molar-refractivity contribution in [1.29, 1.82) is 5.26 Å². The van der Waals surface area contributed by atoms with Gasteiger partial charge in [0.25, 0.3) is 0 Å². The third kappa shape index (κ3) is 6.18. The van der Waals surface area contributed by atoms with E-state index in [-0.39, 0.29) is 0 Å².